The van der Waals surface area contributed by atoms with E-state index in [2.05, 4.69) is 15.3 Å². The minimum absolute atomic E-state index is 0.153. The van der Waals surface area contributed by atoms with Crippen LogP contribution in [0.1, 0.15) is 12.8 Å². The number of hydrogen-bond donors (Lipinski definition) is 1. The number of benzene rings is 1. The zero-order valence-corrected chi connectivity index (χ0v) is 9.91. The van der Waals surface area contributed by atoms with Gasteiger partial charge in [0.25, 0.3) is 0 Å². The molecule has 0 spiro atoms. The zero-order valence-electron chi connectivity index (χ0n) is 9.91. The van der Waals surface area contributed by atoms with Crippen LogP contribution in [-0.4, -0.2) is 27.9 Å². The van der Waals surface area contributed by atoms with Crippen LogP contribution < -0.4 is 0 Å². The molecule has 0 amide bonds. The molecule has 6 heteroatoms. The molecule has 0 bridgehead atoms. The molecule has 0 radical (unpaired) electrons. The first kappa shape index (κ1) is 12.1. The van der Waals surface area contributed by atoms with Crippen molar-refractivity contribution in [3.05, 3.63) is 36.2 Å². The smallest absolute Gasteiger partial charge is 0.236 e. The lowest BCUT2D eigenvalue weighted by atomic mass is 10.2. The number of ether oxygens (including phenoxy) is 1. The van der Waals surface area contributed by atoms with Gasteiger partial charge >= 0.3 is 0 Å². The molecule has 0 unspecified atom stereocenters. The Morgan fingerprint density at radius 1 is 1.39 bits per heavy atom. The van der Waals surface area contributed by atoms with Crippen LogP contribution in [0, 0.1) is 0 Å². The fourth-order valence-electron chi connectivity index (χ4n) is 1.44. The van der Waals surface area contributed by atoms with E-state index in [9.17, 15) is 0 Å². The van der Waals surface area contributed by atoms with Crippen molar-refractivity contribution in [1.82, 2.24) is 10.1 Å². The van der Waals surface area contributed by atoms with Gasteiger partial charge in [0.05, 0.1) is 6.61 Å². The predicted octanol–water partition coefficient (Wildman–Crippen LogP) is 2.10. The molecule has 94 valence electrons. The molecular formula is C12H13N3O3. The van der Waals surface area contributed by atoms with Crippen molar-refractivity contribution in [2.24, 2.45) is 5.16 Å². The van der Waals surface area contributed by atoms with Gasteiger partial charge in [-0.3, -0.25) is 0 Å². The SMILES string of the molecule is CCOC(Cc1nc(-c2ccccc2)no1)=NO. The molecule has 1 heterocycles. The molecule has 1 aromatic heterocycles. The number of nitrogens with zero attached hydrogens (tertiary/aromatic N) is 3. The second kappa shape index (κ2) is 5.81. The van der Waals surface area contributed by atoms with Gasteiger partial charge in [-0.2, -0.15) is 4.98 Å². The van der Waals surface area contributed by atoms with E-state index in [0.717, 1.165) is 5.56 Å². The molecule has 6 nitrogen and oxygen atoms in total. The summed E-state index contributed by atoms with van der Waals surface area (Å²) in [4.78, 5) is 4.20. The summed E-state index contributed by atoms with van der Waals surface area (Å²) in [6.45, 7) is 2.22. The summed E-state index contributed by atoms with van der Waals surface area (Å²) >= 11 is 0. The minimum atomic E-state index is 0.153. The summed E-state index contributed by atoms with van der Waals surface area (Å²) < 4.78 is 10.1. The lowest BCUT2D eigenvalue weighted by Gasteiger charge is -2.00. The van der Waals surface area contributed by atoms with Crippen LogP contribution in [0.4, 0.5) is 0 Å². The van der Waals surface area contributed by atoms with Gasteiger partial charge in [-0.15, -0.1) is 0 Å². The highest BCUT2D eigenvalue weighted by molar-refractivity contribution is 5.77. The lowest BCUT2D eigenvalue weighted by molar-refractivity contribution is 0.255. The summed E-state index contributed by atoms with van der Waals surface area (Å²) in [6, 6.07) is 9.48. The molecule has 0 fully saturated rings. The molecule has 18 heavy (non-hydrogen) atoms. The highest BCUT2D eigenvalue weighted by atomic mass is 16.5. The van der Waals surface area contributed by atoms with Gasteiger partial charge in [0.15, 0.2) is 0 Å². The third-order valence-corrected chi connectivity index (χ3v) is 2.23. The quantitative estimate of drug-likeness (QED) is 0.387. The Bertz CT molecular complexity index is 522. The van der Waals surface area contributed by atoms with Crippen LogP contribution in [-0.2, 0) is 11.2 Å². The molecule has 0 atom stereocenters. The van der Waals surface area contributed by atoms with E-state index in [1.165, 1.54) is 0 Å². The summed E-state index contributed by atoms with van der Waals surface area (Å²) in [7, 11) is 0. The van der Waals surface area contributed by atoms with E-state index in [1.54, 1.807) is 6.92 Å². The van der Waals surface area contributed by atoms with Crippen molar-refractivity contribution in [3.63, 3.8) is 0 Å². The molecule has 2 rings (SSSR count). The number of oxime groups is 1. The molecule has 1 aromatic carbocycles. The van der Waals surface area contributed by atoms with E-state index in [1.807, 2.05) is 30.3 Å². The van der Waals surface area contributed by atoms with Crippen LogP contribution >= 0.6 is 0 Å². The number of aromatic nitrogens is 2. The van der Waals surface area contributed by atoms with Crippen LogP contribution in [0.5, 0.6) is 0 Å². The van der Waals surface area contributed by atoms with Gasteiger partial charge in [0, 0.05) is 5.56 Å². The van der Waals surface area contributed by atoms with Crippen LogP contribution in [0.2, 0.25) is 0 Å². The molecule has 0 aliphatic heterocycles. The Kier molecular flexibility index (Phi) is 3.90. The fourth-order valence-corrected chi connectivity index (χ4v) is 1.44. The van der Waals surface area contributed by atoms with Gasteiger partial charge in [-0.25, -0.2) is 0 Å². The first-order valence-corrected chi connectivity index (χ1v) is 5.55. The van der Waals surface area contributed by atoms with Gasteiger partial charge in [-0.05, 0) is 6.92 Å². The van der Waals surface area contributed by atoms with E-state index < -0.39 is 0 Å². The molecule has 0 aliphatic carbocycles. The summed E-state index contributed by atoms with van der Waals surface area (Å²) in [5, 5.41) is 15.6. The Labute approximate surface area is 104 Å². The van der Waals surface area contributed by atoms with Crippen molar-refractivity contribution in [2.45, 2.75) is 13.3 Å². The predicted molar refractivity (Wildman–Crippen MR) is 64.3 cm³/mol. The molecule has 0 saturated carbocycles. The Hall–Kier alpha value is -2.37. The van der Waals surface area contributed by atoms with Crippen LogP contribution in [0.3, 0.4) is 0 Å². The van der Waals surface area contributed by atoms with Crippen molar-refractivity contribution in [2.75, 3.05) is 6.61 Å². The largest absolute Gasteiger partial charge is 0.479 e. The van der Waals surface area contributed by atoms with Crippen LogP contribution in [0.25, 0.3) is 11.4 Å². The minimum Gasteiger partial charge on any atom is -0.479 e. The summed E-state index contributed by atoms with van der Waals surface area (Å²) in [5.41, 5.74) is 0.867. The van der Waals surface area contributed by atoms with Crippen molar-refractivity contribution in [3.8, 4) is 11.4 Å². The third-order valence-electron chi connectivity index (χ3n) is 2.23. The average Bonchev–Trinajstić information content (AvgIpc) is 2.88. The monoisotopic (exact) mass is 247 g/mol. The highest BCUT2D eigenvalue weighted by Crippen LogP contribution is 2.15. The third kappa shape index (κ3) is 2.85. The molecule has 1 N–H and O–H groups in total. The van der Waals surface area contributed by atoms with Gasteiger partial charge in [0.2, 0.25) is 17.6 Å². The first-order chi connectivity index (χ1) is 8.83. The van der Waals surface area contributed by atoms with E-state index in [4.69, 9.17) is 14.5 Å². The lowest BCUT2D eigenvalue weighted by Crippen LogP contribution is -2.08. The average molecular weight is 247 g/mol. The van der Waals surface area contributed by atoms with Gasteiger partial charge in [0.1, 0.15) is 6.42 Å². The van der Waals surface area contributed by atoms with E-state index >= 15 is 0 Å². The van der Waals surface area contributed by atoms with E-state index in [-0.39, 0.29) is 12.3 Å². The van der Waals surface area contributed by atoms with Crippen LogP contribution in [0.15, 0.2) is 40.0 Å². The normalized spacial score (nSPS) is 11.5. The highest BCUT2D eigenvalue weighted by Gasteiger charge is 2.12. The number of hydrogen-bond acceptors (Lipinski definition) is 6. The van der Waals surface area contributed by atoms with Gasteiger partial charge < -0.3 is 14.5 Å². The van der Waals surface area contributed by atoms with Crippen molar-refractivity contribution < 1.29 is 14.5 Å². The molecule has 0 aliphatic rings. The standard InChI is InChI=1S/C12H13N3O3/c1-2-17-11(14-16)8-10-13-12(15-18-10)9-6-4-3-5-7-9/h3-7,16H,2,8H2,1H3. The Balaban J connectivity index is 2.11. The first-order valence-electron chi connectivity index (χ1n) is 5.55. The Morgan fingerprint density at radius 2 is 2.17 bits per heavy atom. The maximum atomic E-state index is 8.72. The van der Waals surface area contributed by atoms with Crippen molar-refractivity contribution >= 4 is 5.90 Å². The maximum Gasteiger partial charge on any atom is 0.236 e. The number of rotatable bonds is 4. The second-order valence-corrected chi connectivity index (χ2v) is 3.48. The molecular weight excluding hydrogens is 234 g/mol. The Morgan fingerprint density at radius 3 is 2.83 bits per heavy atom. The maximum absolute atomic E-state index is 8.72. The van der Waals surface area contributed by atoms with Crippen molar-refractivity contribution in [1.29, 1.82) is 0 Å². The fraction of sp³-hybridized carbons (Fsp3) is 0.250. The second-order valence-electron chi connectivity index (χ2n) is 3.48. The van der Waals surface area contributed by atoms with E-state index in [0.29, 0.717) is 18.3 Å². The zero-order chi connectivity index (χ0) is 12.8. The topological polar surface area (TPSA) is 80.7 Å². The summed E-state index contributed by atoms with van der Waals surface area (Å²) in [5.74, 6) is 0.996. The molecule has 0 saturated heterocycles. The molecule has 2 aromatic rings. The summed E-state index contributed by atoms with van der Waals surface area (Å²) in [6.07, 6.45) is 0.171. The van der Waals surface area contributed by atoms with Gasteiger partial charge in [-0.1, -0.05) is 40.6 Å².